The molecule has 2 rings (SSSR count). The van der Waals surface area contributed by atoms with Gasteiger partial charge in [-0.15, -0.1) is 0 Å². The Bertz CT molecular complexity index is 586. The normalized spacial score (nSPS) is 12.2. The highest BCUT2D eigenvalue weighted by Gasteiger charge is 2.19. The number of nitrogens with zero attached hydrogens (tertiary/aromatic N) is 4. The second kappa shape index (κ2) is 4.55. The Morgan fingerprint density at radius 3 is 2.82 bits per heavy atom. The molecule has 0 radical (unpaired) electrons. The van der Waals surface area contributed by atoms with Crippen molar-refractivity contribution < 1.29 is 8.42 Å². The predicted molar refractivity (Wildman–Crippen MR) is 64.3 cm³/mol. The smallest absolute Gasteiger partial charge is 0.245 e. The maximum Gasteiger partial charge on any atom is 0.245 e. The van der Waals surface area contributed by atoms with Gasteiger partial charge in [-0.3, -0.25) is 4.68 Å². The summed E-state index contributed by atoms with van der Waals surface area (Å²) in [6.07, 6.45) is 4.59. The van der Waals surface area contributed by atoms with Crippen molar-refractivity contribution in [2.45, 2.75) is 11.4 Å². The average Bonchev–Trinajstić information content (AvgIpc) is 2.89. The van der Waals surface area contributed by atoms with Crippen molar-refractivity contribution in [2.24, 2.45) is 0 Å². The molecule has 0 aromatic carbocycles. The van der Waals surface area contributed by atoms with Gasteiger partial charge in [0.1, 0.15) is 4.90 Å². The van der Waals surface area contributed by atoms with Gasteiger partial charge in [-0.1, -0.05) is 0 Å². The second-order valence-corrected chi connectivity index (χ2v) is 6.71. The average molecular weight is 272 g/mol. The van der Waals surface area contributed by atoms with Gasteiger partial charge < -0.3 is 0 Å². The molecule has 0 amide bonds. The van der Waals surface area contributed by atoms with Gasteiger partial charge in [0.15, 0.2) is 0 Å². The van der Waals surface area contributed by atoms with E-state index in [0.717, 1.165) is 4.88 Å². The molecule has 2 heterocycles. The molecule has 0 fully saturated rings. The Labute approximate surface area is 104 Å². The molecule has 6 nitrogen and oxygen atoms in total. The van der Waals surface area contributed by atoms with Crippen LogP contribution in [0.1, 0.15) is 4.88 Å². The van der Waals surface area contributed by atoms with Crippen LogP contribution in [0, 0.1) is 0 Å². The highest BCUT2D eigenvalue weighted by atomic mass is 32.2. The summed E-state index contributed by atoms with van der Waals surface area (Å²) in [7, 11) is -0.405. The van der Waals surface area contributed by atoms with Crippen LogP contribution in [0.15, 0.2) is 29.6 Å². The Kier molecular flexibility index (Phi) is 3.27. The van der Waals surface area contributed by atoms with E-state index in [1.54, 1.807) is 10.9 Å². The van der Waals surface area contributed by atoms with Gasteiger partial charge in [0.2, 0.25) is 10.0 Å². The van der Waals surface area contributed by atoms with Crippen molar-refractivity contribution in [1.29, 1.82) is 0 Å². The summed E-state index contributed by atoms with van der Waals surface area (Å²) < 4.78 is 30.4. The second-order valence-electron chi connectivity index (χ2n) is 3.64. The van der Waals surface area contributed by atoms with Crippen LogP contribution in [0.2, 0.25) is 0 Å². The molecule has 0 spiro atoms. The predicted octanol–water partition coefficient (Wildman–Crippen LogP) is 0.638. The van der Waals surface area contributed by atoms with Gasteiger partial charge in [0, 0.05) is 31.4 Å². The number of rotatable bonds is 4. The lowest BCUT2D eigenvalue weighted by molar-refractivity contribution is 0.520. The zero-order valence-electron chi connectivity index (χ0n) is 9.44. The number of aromatic nitrogens is 3. The molecule has 2 aromatic rings. The van der Waals surface area contributed by atoms with Crippen molar-refractivity contribution in [1.82, 2.24) is 18.5 Å². The maximum absolute atomic E-state index is 11.8. The number of sulfonamides is 1. The maximum atomic E-state index is 11.8. The van der Waals surface area contributed by atoms with E-state index in [-0.39, 0.29) is 4.90 Å². The largest absolute Gasteiger partial charge is 0.266 e. The van der Waals surface area contributed by atoms with Crippen LogP contribution < -0.4 is 0 Å². The molecule has 92 valence electrons. The zero-order chi connectivity index (χ0) is 12.5. The van der Waals surface area contributed by atoms with E-state index in [0.29, 0.717) is 6.54 Å². The van der Waals surface area contributed by atoms with Crippen molar-refractivity contribution in [3.05, 3.63) is 29.5 Å². The summed E-state index contributed by atoms with van der Waals surface area (Å²) in [6, 6.07) is 1.88. The highest BCUT2D eigenvalue weighted by Crippen LogP contribution is 2.13. The summed E-state index contributed by atoms with van der Waals surface area (Å²) in [6.45, 7) is 0.535. The van der Waals surface area contributed by atoms with Crippen LogP contribution in [-0.2, 0) is 16.6 Å². The van der Waals surface area contributed by atoms with Gasteiger partial charge >= 0.3 is 0 Å². The fraction of sp³-hybridized carbons (Fsp3) is 0.333. The van der Waals surface area contributed by atoms with Crippen molar-refractivity contribution >= 4 is 21.6 Å². The summed E-state index contributed by atoms with van der Waals surface area (Å²) in [4.78, 5) is 1.23. The molecule has 0 N–H and O–H groups in total. The molecule has 0 saturated heterocycles. The van der Waals surface area contributed by atoms with Crippen LogP contribution >= 0.6 is 11.5 Å². The molecule has 0 aliphatic rings. The van der Waals surface area contributed by atoms with Crippen molar-refractivity contribution in [3.8, 4) is 0 Å². The molecule has 17 heavy (non-hydrogen) atoms. The van der Waals surface area contributed by atoms with Gasteiger partial charge in [-0.05, 0) is 17.6 Å². The Morgan fingerprint density at radius 1 is 1.47 bits per heavy atom. The van der Waals surface area contributed by atoms with E-state index in [4.69, 9.17) is 0 Å². The fourth-order valence-corrected chi connectivity index (χ4v) is 2.68. The van der Waals surface area contributed by atoms with E-state index in [1.807, 2.05) is 6.07 Å². The van der Waals surface area contributed by atoms with E-state index in [1.165, 1.54) is 42.3 Å². The zero-order valence-corrected chi connectivity index (χ0v) is 11.1. The molecule has 0 saturated carbocycles. The van der Waals surface area contributed by atoms with Crippen molar-refractivity contribution in [2.75, 3.05) is 14.1 Å². The van der Waals surface area contributed by atoms with Crippen LogP contribution in [0.4, 0.5) is 0 Å². The van der Waals surface area contributed by atoms with Gasteiger partial charge in [0.05, 0.1) is 12.7 Å². The molecule has 0 aliphatic carbocycles. The summed E-state index contributed by atoms with van der Waals surface area (Å²) in [5.41, 5.74) is 0. The van der Waals surface area contributed by atoms with E-state index < -0.39 is 10.0 Å². The molecule has 0 aliphatic heterocycles. The van der Waals surface area contributed by atoms with Crippen LogP contribution in [0.25, 0.3) is 0 Å². The Balaban J connectivity index is 2.22. The summed E-state index contributed by atoms with van der Waals surface area (Å²) in [5.74, 6) is 0. The SMILES string of the molecule is CN(C)S(=O)(=O)c1cnn(Cc2ccns2)c1. The van der Waals surface area contributed by atoms with Gasteiger partial charge in [-0.25, -0.2) is 17.1 Å². The van der Waals surface area contributed by atoms with E-state index >= 15 is 0 Å². The molecule has 8 heteroatoms. The van der Waals surface area contributed by atoms with E-state index in [9.17, 15) is 8.42 Å². The van der Waals surface area contributed by atoms with E-state index in [2.05, 4.69) is 9.47 Å². The lowest BCUT2D eigenvalue weighted by Gasteiger charge is -2.08. The molecule has 0 atom stereocenters. The third-order valence-electron chi connectivity index (χ3n) is 2.20. The first-order valence-electron chi connectivity index (χ1n) is 4.84. The molecule has 0 bridgehead atoms. The minimum Gasteiger partial charge on any atom is -0.266 e. The fourth-order valence-electron chi connectivity index (χ4n) is 1.26. The first kappa shape index (κ1) is 12.2. The Morgan fingerprint density at radius 2 is 2.24 bits per heavy atom. The van der Waals surface area contributed by atoms with Crippen LogP contribution in [0.3, 0.4) is 0 Å². The monoisotopic (exact) mass is 272 g/mol. The topological polar surface area (TPSA) is 68.1 Å². The summed E-state index contributed by atoms with van der Waals surface area (Å²) >= 11 is 1.37. The third kappa shape index (κ3) is 2.54. The first-order chi connectivity index (χ1) is 8.00. The standard InChI is InChI=1S/C9H12N4O2S2/c1-12(2)17(14,15)9-5-10-13(7-9)6-8-3-4-11-16-8/h3-5,7H,6H2,1-2H3. The van der Waals surface area contributed by atoms with Crippen LogP contribution in [0.5, 0.6) is 0 Å². The molecule has 0 unspecified atom stereocenters. The molecular weight excluding hydrogens is 260 g/mol. The minimum atomic E-state index is -3.40. The molecule has 2 aromatic heterocycles. The number of hydrogen-bond donors (Lipinski definition) is 0. The third-order valence-corrected chi connectivity index (χ3v) is 4.69. The lowest BCUT2D eigenvalue weighted by Crippen LogP contribution is -2.21. The highest BCUT2D eigenvalue weighted by molar-refractivity contribution is 7.89. The Hall–Kier alpha value is -1.25. The van der Waals surface area contributed by atoms with Crippen molar-refractivity contribution in [3.63, 3.8) is 0 Å². The van der Waals surface area contributed by atoms with Gasteiger partial charge in [0.25, 0.3) is 0 Å². The minimum absolute atomic E-state index is 0.201. The van der Waals surface area contributed by atoms with Gasteiger partial charge in [-0.2, -0.15) is 5.10 Å². The van der Waals surface area contributed by atoms with Crippen LogP contribution in [-0.4, -0.2) is 41.0 Å². The molecular formula is C9H12N4O2S2. The summed E-state index contributed by atoms with van der Waals surface area (Å²) in [5, 5.41) is 4.03. The first-order valence-corrected chi connectivity index (χ1v) is 7.06. The lowest BCUT2D eigenvalue weighted by atomic mass is 10.5. The quantitative estimate of drug-likeness (QED) is 0.819. The number of hydrogen-bond acceptors (Lipinski definition) is 5.